The number of carbonyl (C=O) groups is 1. The summed E-state index contributed by atoms with van der Waals surface area (Å²) in [5, 5.41) is 12.1. The third-order valence-electron chi connectivity index (χ3n) is 6.96. The Morgan fingerprint density at radius 2 is 2.03 bits per heavy atom. The van der Waals surface area contributed by atoms with Crippen molar-refractivity contribution in [3.63, 3.8) is 0 Å². The van der Waals surface area contributed by atoms with Crippen LogP contribution < -0.4 is 5.73 Å². The number of unbranched alkanes of at least 4 members (excludes halogenated alkanes) is 1. The molecule has 2 amide bonds. The Kier molecular flexibility index (Phi) is 8.30. The molecule has 0 saturated carbocycles. The fraction of sp³-hybridized carbons (Fsp3) is 0.708. The predicted molar refractivity (Wildman–Crippen MR) is 119 cm³/mol. The number of likely N-dealkylation sites (tertiary alicyclic amines) is 2. The van der Waals surface area contributed by atoms with Crippen LogP contribution in [0.3, 0.4) is 0 Å². The van der Waals surface area contributed by atoms with E-state index in [0.717, 1.165) is 32.1 Å². The number of hydrogen-bond donors (Lipinski definition) is 2. The molecule has 2 saturated heterocycles. The van der Waals surface area contributed by atoms with Crippen molar-refractivity contribution >= 4 is 6.03 Å². The van der Waals surface area contributed by atoms with Gasteiger partial charge in [0.25, 0.3) is 0 Å². The van der Waals surface area contributed by atoms with Gasteiger partial charge >= 0.3 is 6.03 Å². The van der Waals surface area contributed by atoms with Crippen molar-refractivity contribution in [3.05, 3.63) is 35.1 Å². The van der Waals surface area contributed by atoms with Crippen molar-refractivity contribution < 1.29 is 19.0 Å². The molecule has 0 aliphatic carbocycles. The number of methoxy groups -OCH3 is 1. The zero-order valence-corrected chi connectivity index (χ0v) is 19.0. The molecule has 0 spiro atoms. The van der Waals surface area contributed by atoms with Gasteiger partial charge in [-0.3, -0.25) is 0 Å². The van der Waals surface area contributed by atoms with Gasteiger partial charge in [-0.1, -0.05) is 19.1 Å². The molecule has 7 heteroatoms. The third-order valence-corrected chi connectivity index (χ3v) is 6.96. The lowest BCUT2D eigenvalue weighted by atomic mass is 9.72. The van der Waals surface area contributed by atoms with Crippen molar-refractivity contribution in [2.75, 3.05) is 39.9 Å². The summed E-state index contributed by atoms with van der Waals surface area (Å²) < 4.78 is 19.8. The first-order valence-corrected chi connectivity index (χ1v) is 11.7. The number of carbonyl (C=O) groups excluding carboxylic acids is 1. The Morgan fingerprint density at radius 1 is 1.26 bits per heavy atom. The van der Waals surface area contributed by atoms with Gasteiger partial charge in [0, 0.05) is 51.9 Å². The van der Waals surface area contributed by atoms with Gasteiger partial charge in [0.2, 0.25) is 0 Å². The van der Waals surface area contributed by atoms with Crippen LogP contribution in [0.5, 0.6) is 0 Å². The highest BCUT2D eigenvalue weighted by Crippen LogP contribution is 2.42. The minimum Gasteiger partial charge on any atom is -0.385 e. The van der Waals surface area contributed by atoms with E-state index in [9.17, 15) is 14.3 Å². The van der Waals surface area contributed by atoms with E-state index in [1.807, 2.05) is 22.8 Å². The van der Waals surface area contributed by atoms with E-state index in [-0.39, 0.29) is 23.8 Å². The SMILES string of the molecule is CCc1c(F)cccc1[C@](O)(CCCCOC)[C@@H]1CCCN(C(=O)N2CC[C@H](N)C2)C1. The van der Waals surface area contributed by atoms with E-state index in [1.165, 1.54) is 6.07 Å². The first-order chi connectivity index (χ1) is 14.9. The van der Waals surface area contributed by atoms with Crippen LogP contribution in [0.15, 0.2) is 18.2 Å². The first kappa shape index (κ1) is 24.0. The molecule has 1 aromatic rings. The summed E-state index contributed by atoms with van der Waals surface area (Å²) in [5.74, 6) is -0.416. The van der Waals surface area contributed by atoms with Crippen molar-refractivity contribution in [1.82, 2.24) is 9.80 Å². The zero-order valence-electron chi connectivity index (χ0n) is 19.0. The highest BCUT2D eigenvalue weighted by atomic mass is 19.1. The normalized spacial score (nSPS) is 23.8. The monoisotopic (exact) mass is 435 g/mol. The van der Waals surface area contributed by atoms with Crippen LogP contribution in [0.4, 0.5) is 9.18 Å². The van der Waals surface area contributed by atoms with E-state index in [1.54, 1.807) is 13.2 Å². The molecule has 3 rings (SSSR count). The highest BCUT2D eigenvalue weighted by molar-refractivity contribution is 5.75. The number of amides is 2. The van der Waals surface area contributed by atoms with E-state index < -0.39 is 5.60 Å². The van der Waals surface area contributed by atoms with Gasteiger partial charge in [-0.15, -0.1) is 0 Å². The number of nitrogens with zero attached hydrogens (tertiary/aromatic N) is 2. The van der Waals surface area contributed by atoms with Crippen molar-refractivity contribution in [2.45, 2.75) is 63.5 Å². The number of ether oxygens (including phenoxy) is 1. The zero-order chi connectivity index (χ0) is 22.4. The lowest BCUT2D eigenvalue weighted by Gasteiger charge is -2.44. The van der Waals surface area contributed by atoms with E-state index in [0.29, 0.717) is 56.8 Å². The van der Waals surface area contributed by atoms with Crippen LogP contribution in [-0.2, 0) is 16.8 Å². The van der Waals surface area contributed by atoms with Crippen LogP contribution in [0, 0.1) is 11.7 Å². The molecule has 2 heterocycles. The average molecular weight is 436 g/mol. The average Bonchev–Trinajstić information content (AvgIpc) is 3.22. The Hall–Kier alpha value is -1.70. The summed E-state index contributed by atoms with van der Waals surface area (Å²) in [7, 11) is 1.67. The smallest absolute Gasteiger partial charge is 0.320 e. The number of aliphatic hydroxyl groups is 1. The van der Waals surface area contributed by atoms with Crippen LogP contribution >= 0.6 is 0 Å². The summed E-state index contributed by atoms with van der Waals surface area (Å²) in [5.41, 5.74) is 6.06. The minimum atomic E-state index is -1.18. The molecule has 1 aromatic carbocycles. The fourth-order valence-electron chi connectivity index (χ4n) is 5.22. The van der Waals surface area contributed by atoms with Crippen LogP contribution in [0.2, 0.25) is 0 Å². The van der Waals surface area contributed by atoms with E-state index in [4.69, 9.17) is 10.5 Å². The lowest BCUT2D eigenvalue weighted by Crippen LogP contribution is -2.52. The quantitative estimate of drug-likeness (QED) is 0.615. The summed E-state index contributed by atoms with van der Waals surface area (Å²) >= 11 is 0. The topological polar surface area (TPSA) is 79.0 Å². The molecule has 2 fully saturated rings. The number of piperidine rings is 1. The van der Waals surface area contributed by atoms with Gasteiger partial charge in [-0.2, -0.15) is 0 Å². The second-order valence-corrected chi connectivity index (χ2v) is 9.06. The van der Waals surface area contributed by atoms with Crippen LogP contribution in [0.1, 0.15) is 56.6 Å². The number of halogens is 1. The molecular formula is C24H38FN3O3. The molecule has 0 aromatic heterocycles. The number of urea groups is 1. The Morgan fingerprint density at radius 3 is 2.71 bits per heavy atom. The van der Waals surface area contributed by atoms with Gasteiger partial charge in [0.1, 0.15) is 5.82 Å². The standard InChI is InChI=1S/C24H38FN3O3/c1-3-20-21(9-6-10-22(20)25)24(30,12-4-5-15-31-2)18-8-7-13-27(16-18)23(29)28-14-11-19(26)17-28/h6,9-10,18-19,30H,3-5,7-8,11-17,26H2,1-2H3/t18-,19+,24+/m1/s1. The molecule has 174 valence electrons. The van der Waals surface area contributed by atoms with Gasteiger partial charge in [0.05, 0.1) is 5.60 Å². The van der Waals surface area contributed by atoms with Crippen LogP contribution in [0.25, 0.3) is 0 Å². The summed E-state index contributed by atoms with van der Waals surface area (Å²) in [6.45, 7) is 4.98. The largest absolute Gasteiger partial charge is 0.385 e. The third kappa shape index (κ3) is 5.38. The minimum absolute atomic E-state index is 0.00865. The maximum atomic E-state index is 14.6. The Balaban J connectivity index is 1.84. The van der Waals surface area contributed by atoms with Gasteiger partial charge in [0.15, 0.2) is 0 Å². The molecule has 31 heavy (non-hydrogen) atoms. The molecule has 3 N–H and O–H groups in total. The summed E-state index contributed by atoms with van der Waals surface area (Å²) in [6.07, 6.45) is 5.11. The van der Waals surface area contributed by atoms with Crippen molar-refractivity contribution in [3.8, 4) is 0 Å². The Labute approximate surface area is 185 Å². The van der Waals surface area contributed by atoms with Crippen molar-refractivity contribution in [1.29, 1.82) is 0 Å². The van der Waals surface area contributed by atoms with Gasteiger partial charge in [-0.05, 0) is 62.1 Å². The highest BCUT2D eigenvalue weighted by Gasteiger charge is 2.43. The maximum Gasteiger partial charge on any atom is 0.320 e. The molecule has 0 unspecified atom stereocenters. The summed E-state index contributed by atoms with van der Waals surface area (Å²) in [6, 6.07) is 5.05. The van der Waals surface area contributed by atoms with Gasteiger partial charge in [-0.25, -0.2) is 9.18 Å². The second-order valence-electron chi connectivity index (χ2n) is 9.06. The second kappa shape index (κ2) is 10.7. The van der Waals surface area contributed by atoms with E-state index >= 15 is 0 Å². The lowest BCUT2D eigenvalue weighted by molar-refractivity contribution is -0.0583. The molecule has 0 radical (unpaired) electrons. The molecule has 2 aliphatic heterocycles. The fourth-order valence-corrected chi connectivity index (χ4v) is 5.22. The predicted octanol–water partition coefficient (Wildman–Crippen LogP) is 3.26. The molecule has 3 atom stereocenters. The molecule has 0 bridgehead atoms. The number of benzene rings is 1. The number of rotatable bonds is 8. The van der Waals surface area contributed by atoms with Crippen LogP contribution in [-0.4, -0.2) is 66.9 Å². The molecular weight excluding hydrogens is 397 g/mol. The van der Waals surface area contributed by atoms with Gasteiger partial charge < -0.3 is 25.4 Å². The maximum absolute atomic E-state index is 14.6. The first-order valence-electron chi connectivity index (χ1n) is 11.7. The Bertz CT molecular complexity index is 747. The van der Waals surface area contributed by atoms with E-state index in [2.05, 4.69) is 0 Å². The molecule has 6 nitrogen and oxygen atoms in total. The van der Waals surface area contributed by atoms with Crippen molar-refractivity contribution in [2.24, 2.45) is 11.7 Å². The molecule has 2 aliphatic rings. The number of nitrogens with two attached hydrogens (primary N) is 1. The summed E-state index contributed by atoms with van der Waals surface area (Å²) in [4.78, 5) is 16.8. The number of hydrogen-bond acceptors (Lipinski definition) is 4.